The number of benzene rings is 1. The summed E-state index contributed by atoms with van der Waals surface area (Å²) >= 11 is 5.66. The Morgan fingerprint density at radius 2 is 2.00 bits per heavy atom. The van der Waals surface area contributed by atoms with E-state index in [9.17, 15) is 0 Å². The van der Waals surface area contributed by atoms with Crippen molar-refractivity contribution in [2.24, 2.45) is 0 Å². The number of aliphatic hydroxyl groups is 1. The number of nitrogen functional groups attached to an aromatic ring is 1. The van der Waals surface area contributed by atoms with Crippen molar-refractivity contribution in [2.75, 3.05) is 12.3 Å². The fourth-order valence-electron chi connectivity index (χ4n) is 1.42. The quantitative estimate of drug-likeness (QED) is 0.869. The van der Waals surface area contributed by atoms with E-state index < -0.39 is 0 Å². The molecule has 0 amide bonds. The van der Waals surface area contributed by atoms with Crippen LogP contribution in [-0.2, 0) is 6.42 Å². The van der Waals surface area contributed by atoms with Crippen molar-refractivity contribution in [1.29, 1.82) is 0 Å². The largest absolute Gasteiger partial charge is 0.424 e. The molecule has 0 aliphatic rings. The van der Waals surface area contributed by atoms with E-state index in [0.29, 0.717) is 12.2 Å². The van der Waals surface area contributed by atoms with Crippen LogP contribution in [0.1, 0.15) is 5.56 Å². The SMILES string of the molecule is Nc1nc(Cl)nc(Oc2ccccc2CCO)n1. The van der Waals surface area contributed by atoms with Crippen LogP contribution in [0.2, 0.25) is 5.28 Å². The van der Waals surface area contributed by atoms with E-state index in [1.807, 2.05) is 18.2 Å². The minimum absolute atomic E-state index is 0.00959. The molecule has 0 atom stereocenters. The summed E-state index contributed by atoms with van der Waals surface area (Å²) < 4.78 is 5.49. The van der Waals surface area contributed by atoms with Crippen molar-refractivity contribution in [1.82, 2.24) is 15.0 Å². The normalized spacial score (nSPS) is 10.3. The lowest BCUT2D eigenvalue weighted by Crippen LogP contribution is -2.02. The molecular formula is C11H11ClN4O2. The van der Waals surface area contributed by atoms with Crippen LogP contribution in [0, 0.1) is 0 Å². The standard InChI is InChI=1S/C11H11ClN4O2/c12-9-14-10(13)16-11(15-9)18-8-4-2-1-3-7(8)5-6-17/h1-4,17H,5-6H2,(H2,13,14,15,16). The lowest BCUT2D eigenvalue weighted by molar-refractivity contribution is 0.297. The molecule has 6 nitrogen and oxygen atoms in total. The average Bonchev–Trinajstić information content (AvgIpc) is 2.30. The third-order valence-corrected chi connectivity index (χ3v) is 2.33. The summed E-state index contributed by atoms with van der Waals surface area (Å²) in [4.78, 5) is 11.3. The van der Waals surface area contributed by atoms with Gasteiger partial charge in [0.05, 0.1) is 0 Å². The Bertz CT molecular complexity index is 530. The highest BCUT2D eigenvalue weighted by molar-refractivity contribution is 6.28. The first-order valence-electron chi connectivity index (χ1n) is 5.22. The van der Waals surface area contributed by atoms with Gasteiger partial charge in [-0.05, 0) is 29.7 Å². The first kappa shape index (κ1) is 12.5. The monoisotopic (exact) mass is 266 g/mol. The summed E-state index contributed by atoms with van der Waals surface area (Å²) in [7, 11) is 0. The van der Waals surface area contributed by atoms with Crippen LogP contribution >= 0.6 is 11.6 Å². The molecule has 0 aliphatic heterocycles. The number of aromatic nitrogens is 3. The molecule has 7 heteroatoms. The zero-order chi connectivity index (χ0) is 13.0. The van der Waals surface area contributed by atoms with Gasteiger partial charge in [0.2, 0.25) is 11.2 Å². The van der Waals surface area contributed by atoms with E-state index in [1.165, 1.54) is 0 Å². The van der Waals surface area contributed by atoms with Crippen LogP contribution in [-0.4, -0.2) is 26.7 Å². The van der Waals surface area contributed by atoms with Gasteiger partial charge in [0.1, 0.15) is 5.75 Å². The number of hydrogen-bond donors (Lipinski definition) is 2. The molecule has 0 unspecified atom stereocenters. The number of ether oxygens (including phenoxy) is 1. The summed E-state index contributed by atoms with van der Waals surface area (Å²) in [6.07, 6.45) is 0.477. The molecule has 0 fully saturated rings. The maximum atomic E-state index is 8.96. The van der Waals surface area contributed by atoms with Gasteiger partial charge >= 0.3 is 6.01 Å². The molecule has 0 saturated carbocycles. The molecule has 0 radical (unpaired) electrons. The Morgan fingerprint density at radius 3 is 2.72 bits per heavy atom. The van der Waals surface area contributed by atoms with Gasteiger partial charge in [-0.2, -0.15) is 15.0 Å². The highest BCUT2D eigenvalue weighted by Crippen LogP contribution is 2.23. The Hall–Kier alpha value is -1.92. The predicted octanol–water partition coefficient (Wildman–Crippen LogP) is 1.43. The molecule has 3 N–H and O–H groups in total. The van der Waals surface area contributed by atoms with E-state index in [1.54, 1.807) is 6.07 Å². The zero-order valence-electron chi connectivity index (χ0n) is 9.38. The van der Waals surface area contributed by atoms with Gasteiger partial charge in [-0.25, -0.2) is 0 Å². The molecule has 0 saturated heterocycles. The lowest BCUT2D eigenvalue weighted by atomic mass is 10.1. The summed E-state index contributed by atoms with van der Waals surface area (Å²) in [5, 5.41) is 8.93. The van der Waals surface area contributed by atoms with Gasteiger partial charge < -0.3 is 15.6 Å². The molecule has 18 heavy (non-hydrogen) atoms. The molecule has 1 heterocycles. The van der Waals surface area contributed by atoms with E-state index in [2.05, 4.69) is 15.0 Å². The first-order chi connectivity index (χ1) is 8.69. The van der Waals surface area contributed by atoms with Crippen molar-refractivity contribution >= 4 is 17.5 Å². The van der Waals surface area contributed by atoms with Crippen LogP contribution in [0.5, 0.6) is 11.8 Å². The maximum Gasteiger partial charge on any atom is 0.328 e. The second-order valence-electron chi connectivity index (χ2n) is 3.43. The maximum absolute atomic E-state index is 8.96. The van der Waals surface area contributed by atoms with Crippen LogP contribution < -0.4 is 10.5 Å². The van der Waals surface area contributed by atoms with E-state index >= 15 is 0 Å². The van der Waals surface area contributed by atoms with Gasteiger partial charge in [0.25, 0.3) is 0 Å². The molecule has 0 aliphatic carbocycles. The summed E-state index contributed by atoms with van der Waals surface area (Å²) in [5.41, 5.74) is 6.29. The van der Waals surface area contributed by atoms with Crippen molar-refractivity contribution < 1.29 is 9.84 Å². The number of aliphatic hydroxyl groups excluding tert-OH is 1. The van der Waals surface area contributed by atoms with Crippen LogP contribution in [0.15, 0.2) is 24.3 Å². The number of anilines is 1. The highest BCUT2D eigenvalue weighted by Gasteiger charge is 2.08. The number of nitrogens with zero attached hydrogens (tertiary/aromatic N) is 3. The fourth-order valence-corrected chi connectivity index (χ4v) is 1.58. The smallest absolute Gasteiger partial charge is 0.328 e. The predicted molar refractivity (Wildman–Crippen MR) is 66.6 cm³/mol. The van der Waals surface area contributed by atoms with Crippen molar-refractivity contribution in [3.8, 4) is 11.8 Å². The van der Waals surface area contributed by atoms with Gasteiger partial charge in [-0.1, -0.05) is 18.2 Å². The van der Waals surface area contributed by atoms with Crippen molar-refractivity contribution in [3.05, 3.63) is 35.1 Å². The highest BCUT2D eigenvalue weighted by atomic mass is 35.5. The van der Waals surface area contributed by atoms with Crippen molar-refractivity contribution in [2.45, 2.75) is 6.42 Å². The molecule has 0 spiro atoms. The summed E-state index contributed by atoms with van der Waals surface area (Å²) in [6.45, 7) is 0.0282. The Kier molecular flexibility index (Phi) is 3.91. The van der Waals surface area contributed by atoms with Crippen LogP contribution in [0.4, 0.5) is 5.95 Å². The minimum Gasteiger partial charge on any atom is -0.424 e. The Balaban J connectivity index is 2.27. The summed E-state index contributed by atoms with van der Waals surface area (Å²) in [6, 6.07) is 7.28. The second-order valence-corrected chi connectivity index (χ2v) is 3.77. The average molecular weight is 267 g/mol. The molecule has 2 rings (SSSR count). The molecule has 2 aromatic rings. The lowest BCUT2D eigenvalue weighted by Gasteiger charge is -2.08. The van der Waals surface area contributed by atoms with Gasteiger partial charge in [0.15, 0.2) is 0 Å². The van der Waals surface area contributed by atoms with Gasteiger partial charge in [-0.3, -0.25) is 0 Å². The molecule has 94 valence electrons. The van der Waals surface area contributed by atoms with Gasteiger partial charge in [0, 0.05) is 6.61 Å². The summed E-state index contributed by atoms with van der Waals surface area (Å²) in [5.74, 6) is 0.540. The number of para-hydroxylation sites is 1. The van der Waals surface area contributed by atoms with E-state index in [-0.39, 0.29) is 23.8 Å². The molecule has 0 bridgehead atoms. The first-order valence-corrected chi connectivity index (χ1v) is 5.60. The van der Waals surface area contributed by atoms with E-state index in [0.717, 1.165) is 5.56 Å². The molecule has 1 aromatic heterocycles. The minimum atomic E-state index is -0.0304. The fraction of sp³-hybridized carbons (Fsp3) is 0.182. The van der Waals surface area contributed by atoms with Crippen molar-refractivity contribution in [3.63, 3.8) is 0 Å². The van der Waals surface area contributed by atoms with Crippen LogP contribution in [0.3, 0.4) is 0 Å². The topological polar surface area (TPSA) is 94.2 Å². The third-order valence-electron chi connectivity index (χ3n) is 2.16. The van der Waals surface area contributed by atoms with Gasteiger partial charge in [-0.15, -0.1) is 0 Å². The number of rotatable bonds is 4. The van der Waals surface area contributed by atoms with E-state index in [4.69, 9.17) is 27.2 Å². The van der Waals surface area contributed by atoms with Crippen LogP contribution in [0.25, 0.3) is 0 Å². The number of hydrogen-bond acceptors (Lipinski definition) is 6. The zero-order valence-corrected chi connectivity index (χ0v) is 10.1. The molecule has 1 aromatic carbocycles. The number of nitrogens with two attached hydrogens (primary N) is 1. The molecular weight excluding hydrogens is 256 g/mol. The second kappa shape index (κ2) is 5.61. The Morgan fingerprint density at radius 1 is 1.22 bits per heavy atom. The third kappa shape index (κ3) is 3.06. The number of halogens is 1. The Labute approximate surface area is 108 Å².